The van der Waals surface area contributed by atoms with Crippen LogP contribution in [0.5, 0.6) is 0 Å². The molecule has 114 valence electrons. The molecule has 0 atom stereocenters. The molecule has 3 aromatic rings. The number of carbonyl (C=O) groups excluding carboxylic acids is 1. The molecule has 0 radical (unpaired) electrons. The predicted molar refractivity (Wildman–Crippen MR) is 89.8 cm³/mol. The van der Waals surface area contributed by atoms with Crippen molar-refractivity contribution in [3.8, 4) is 11.3 Å². The first-order valence-electron chi connectivity index (χ1n) is 7.88. The van der Waals surface area contributed by atoms with Crippen molar-refractivity contribution >= 4 is 16.6 Å². The Labute approximate surface area is 133 Å². The summed E-state index contributed by atoms with van der Waals surface area (Å²) in [4.78, 5) is 29.9. The zero-order valence-corrected chi connectivity index (χ0v) is 12.9. The van der Waals surface area contributed by atoms with Crippen LogP contribution in [0.25, 0.3) is 22.0 Å². The van der Waals surface area contributed by atoms with Crippen molar-refractivity contribution in [3.63, 3.8) is 0 Å². The van der Waals surface area contributed by atoms with Gasteiger partial charge in [-0.05, 0) is 12.5 Å². The molecule has 0 N–H and O–H groups in total. The molecule has 4 nitrogen and oxygen atoms in total. The van der Waals surface area contributed by atoms with E-state index in [1.54, 1.807) is 23.0 Å². The summed E-state index contributed by atoms with van der Waals surface area (Å²) in [6.07, 6.45) is 5.09. The van der Waals surface area contributed by atoms with Crippen molar-refractivity contribution in [1.29, 1.82) is 0 Å². The summed E-state index contributed by atoms with van der Waals surface area (Å²) in [7, 11) is 0. The number of rotatable bonds is 3. The van der Waals surface area contributed by atoms with E-state index in [1.807, 2.05) is 24.3 Å². The van der Waals surface area contributed by atoms with Crippen molar-refractivity contribution in [2.75, 3.05) is 0 Å². The third-order valence-electron chi connectivity index (χ3n) is 4.46. The highest BCUT2D eigenvalue weighted by molar-refractivity contribution is 6.26. The van der Waals surface area contributed by atoms with E-state index in [0.717, 1.165) is 24.1 Å². The summed E-state index contributed by atoms with van der Waals surface area (Å²) < 4.78 is 1.76. The van der Waals surface area contributed by atoms with Gasteiger partial charge in [0.2, 0.25) is 0 Å². The smallest absolute Gasteiger partial charge is 0.260 e. The largest absolute Gasteiger partial charge is 0.307 e. The molecule has 2 heterocycles. The molecule has 0 saturated heterocycles. The first kappa shape index (κ1) is 13.9. The van der Waals surface area contributed by atoms with Crippen molar-refractivity contribution < 1.29 is 4.79 Å². The van der Waals surface area contributed by atoms with Crippen LogP contribution < -0.4 is 5.56 Å². The Kier molecular flexibility index (Phi) is 3.11. The van der Waals surface area contributed by atoms with E-state index >= 15 is 0 Å². The number of pyridine rings is 2. The molecule has 0 amide bonds. The number of ketones is 1. The fourth-order valence-electron chi connectivity index (χ4n) is 3.35. The molecule has 23 heavy (non-hydrogen) atoms. The van der Waals surface area contributed by atoms with Crippen LogP contribution in [0.15, 0.2) is 47.5 Å². The Bertz CT molecular complexity index is 1000. The number of hydrogen-bond donors (Lipinski definition) is 0. The molecule has 4 heteroatoms. The fourth-order valence-corrected chi connectivity index (χ4v) is 3.35. The third-order valence-corrected chi connectivity index (χ3v) is 4.46. The van der Waals surface area contributed by atoms with Gasteiger partial charge in [0.15, 0.2) is 5.78 Å². The molecule has 4 rings (SSSR count). The maximum absolute atomic E-state index is 12.9. The first-order chi connectivity index (χ1) is 11.2. The number of benzene rings is 1. The number of unbranched alkanes of at least 4 members (excludes halogenated alkanes) is 1. The highest BCUT2D eigenvalue weighted by Crippen LogP contribution is 2.38. The highest BCUT2D eigenvalue weighted by Gasteiger charge is 2.32. The Morgan fingerprint density at radius 1 is 1.04 bits per heavy atom. The quantitative estimate of drug-likeness (QED) is 0.583. The van der Waals surface area contributed by atoms with Crippen LogP contribution in [0.3, 0.4) is 0 Å². The van der Waals surface area contributed by atoms with Crippen molar-refractivity contribution in [2.24, 2.45) is 0 Å². The maximum atomic E-state index is 12.9. The van der Waals surface area contributed by atoms with Crippen molar-refractivity contribution in [2.45, 2.75) is 26.3 Å². The molecule has 1 aromatic carbocycles. The molecule has 0 spiro atoms. The Morgan fingerprint density at radius 3 is 2.61 bits per heavy atom. The second kappa shape index (κ2) is 5.16. The van der Waals surface area contributed by atoms with Crippen LogP contribution in [0, 0.1) is 0 Å². The second-order valence-corrected chi connectivity index (χ2v) is 5.83. The summed E-state index contributed by atoms with van der Waals surface area (Å²) in [5.74, 6) is -0.00273. The summed E-state index contributed by atoms with van der Waals surface area (Å²) in [6.45, 7) is 2.71. The molecule has 2 aromatic heterocycles. The minimum absolute atomic E-state index is 0.00273. The second-order valence-electron chi connectivity index (χ2n) is 5.83. The standard InChI is InChI=1S/C19H16N2O2/c1-2-3-10-21-17-13-6-4-5-7-14(13)18(22)16(17)12-8-9-20-11-15(12)19(21)23/h4-9,11H,2-3,10H2,1H3. The Hall–Kier alpha value is -2.75. The van der Waals surface area contributed by atoms with Crippen LogP contribution in [0.4, 0.5) is 0 Å². The number of fused-ring (bicyclic) bond motifs is 5. The van der Waals surface area contributed by atoms with Crippen LogP contribution in [-0.2, 0) is 6.54 Å². The SMILES string of the molecule is CCCCn1c2c(c3ccncc3c1=O)C(=O)c1ccccc1-2. The van der Waals surface area contributed by atoms with Crippen LogP contribution in [0.1, 0.15) is 35.7 Å². The number of hydrogen-bond acceptors (Lipinski definition) is 3. The lowest BCUT2D eigenvalue weighted by Gasteiger charge is -2.14. The maximum Gasteiger partial charge on any atom is 0.260 e. The molecule has 0 saturated carbocycles. The van der Waals surface area contributed by atoms with Gasteiger partial charge >= 0.3 is 0 Å². The van der Waals surface area contributed by atoms with E-state index in [4.69, 9.17) is 0 Å². The Morgan fingerprint density at radius 2 is 1.83 bits per heavy atom. The molecular formula is C19H16N2O2. The first-order valence-corrected chi connectivity index (χ1v) is 7.88. The van der Waals surface area contributed by atoms with Gasteiger partial charge in [-0.25, -0.2) is 0 Å². The van der Waals surface area contributed by atoms with Crippen molar-refractivity contribution in [3.05, 3.63) is 64.2 Å². The predicted octanol–water partition coefficient (Wildman–Crippen LogP) is 3.41. The summed E-state index contributed by atoms with van der Waals surface area (Å²) in [5, 5.41) is 1.22. The molecular weight excluding hydrogens is 288 g/mol. The molecule has 1 aliphatic rings. The van der Waals surface area contributed by atoms with E-state index in [1.165, 1.54) is 0 Å². The lowest BCUT2D eigenvalue weighted by molar-refractivity contribution is 0.104. The molecule has 1 aliphatic carbocycles. The summed E-state index contributed by atoms with van der Waals surface area (Å²) >= 11 is 0. The molecule has 0 fully saturated rings. The average molecular weight is 304 g/mol. The average Bonchev–Trinajstić information content (AvgIpc) is 2.89. The summed E-state index contributed by atoms with van der Waals surface area (Å²) in [5.41, 5.74) is 2.88. The minimum Gasteiger partial charge on any atom is -0.307 e. The lowest BCUT2D eigenvalue weighted by Crippen LogP contribution is -2.23. The fraction of sp³-hybridized carbons (Fsp3) is 0.211. The van der Waals surface area contributed by atoms with Gasteiger partial charge in [0.1, 0.15) is 0 Å². The van der Waals surface area contributed by atoms with Gasteiger partial charge in [0.05, 0.1) is 16.6 Å². The van der Waals surface area contributed by atoms with Gasteiger partial charge in [-0.2, -0.15) is 0 Å². The number of carbonyl (C=O) groups is 1. The van der Waals surface area contributed by atoms with Crippen LogP contribution in [-0.4, -0.2) is 15.3 Å². The minimum atomic E-state index is -0.0650. The molecule has 0 bridgehead atoms. The van der Waals surface area contributed by atoms with Gasteiger partial charge in [-0.1, -0.05) is 37.6 Å². The van der Waals surface area contributed by atoms with Gasteiger partial charge in [-0.3, -0.25) is 14.6 Å². The third kappa shape index (κ3) is 1.88. The van der Waals surface area contributed by atoms with E-state index in [9.17, 15) is 9.59 Å². The Balaban J connectivity index is 2.16. The van der Waals surface area contributed by atoms with Gasteiger partial charge in [0.25, 0.3) is 5.56 Å². The van der Waals surface area contributed by atoms with E-state index in [0.29, 0.717) is 28.4 Å². The topological polar surface area (TPSA) is 52.0 Å². The number of aromatic nitrogens is 2. The molecule has 0 unspecified atom stereocenters. The highest BCUT2D eigenvalue weighted by atomic mass is 16.1. The van der Waals surface area contributed by atoms with E-state index < -0.39 is 0 Å². The monoisotopic (exact) mass is 304 g/mol. The van der Waals surface area contributed by atoms with Crippen molar-refractivity contribution in [1.82, 2.24) is 9.55 Å². The summed E-state index contributed by atoms with van der Waals surface area (Å²) in [6, 6.07) is 9.30. The number of nitrogens with zero attached hydrogens (tertiary/aromatic N) is 2. The zero-order valence-electron chi connectivity index (χ0n) is 12.9. The van der Waals surface area contributed by atoms with Crippen LogP contribution >= 0.6 is 0 Å². The van der Waals surface area contributed by atoms with Crippen LogP contribution in [0.2, 0.25) is 0 Å². The van der Waals surface area contributed by atoms with Gasteiger partial charge in [-0.15, -0.1) is 0 Å². The normalized spacial score (nSPS) is 12.5. The van der Waals surface area contributed by atoms with E-state index in [2.05, 4.69) is 11.9 Å². The lowest BCUT2D eigenvalue weighted by atomic mass is 10.0. The van der Waals surface area contributed by atoms with Gasteiger partial charge < -0.3 is 4.57 Å². The zero-order chi connectivity index (χ0) is 16.0. The molecule has 0 aliphatic heterocycles. The van der Waals surface area contributed by atoms with E-state index in [-0.39, 0.29) is 11.3 Å². The van der Waals surface area contributed by atoms with Gasteiger partial charge in [0, 0.05) is 35.5 Å².